The van der Waals surface area contributed by atoms with Crippen LogP contribution in [0, 0.1) is 0 Å². The van der Waals surface area contributed by atoms with Crippen LogP contribution in [-0.2, 0) is 10.5 Å². The summed E-state index contributed by atoms with van der Waals surface area (Å²) in [5.74, 6) is 2.59. The van der Waals surface area contributed by atoms with Crippen molar-refractivity contribution in [2.75, 3.05) is 18.5 Å². The smallest absolute Gasteiger partial charge is 0.226 e. The van der Waals surface area contributed by atoms with Gasteiger partial charge in [-0.2, -0.15) is 0 Å². The summed E-state index contributed by atoms with van der Waals surface area (Å²) >= 11 is 3.12. The van der Waals surface area contributed by atoms with E-state index in [-0.39, 0.29) is 0 Å². The van der Waals surface area contributed by atoms with Gasteiger partial charge in [-0.3, -0.25) is 0 Å². The van der Waals surface area contributed by atoms with Crippen LogP contribution in [0.5, 0.6) is 0 Å². The van der Waals surface area contributed by atoms with Gasteiger partial charge < -0.3 is 14.5 Å². The molecule has 1 aliphatic carbocycles. The number of ether oxygens (including phenoxy) is 1. The van der Waals surface area contributed by atoms with Gasteiger partial charge in [0.1, 0.15) is 0 Å². The molecule has 2 aliphatic rings. The molecule has 2 fully saturated rings. The van der Waals surface area contributed by atoms with Gasteiger partial charge in [0.05, 0.1) is 11.9 Å². The van der Waals surface area contributed by atoms with Crippen LogP contribution in [0.25, 0.3) is 0 Å². The Hall–Kier alpha value is -1.19. The first-order chi connectivity index (χ1) is 10.9. The third-order valence-corrected chi connectivity index (χ3v) is 5.64. The summed E-state index contributed by atoms with van der Waals surface area (Å²) in [6.45, 7) is 1.67. The van der Waals surface area contributed by atoms with Crippen LogP contribution >= 0.6 is 23.1 Å². The molecule has 1 aliphatic heterocycles. The maximum atomic E-state index is 5.63. The normalized spacial score (nSPS) is 21.4. The number of nitrogens with zero attached hydrogens (tertiary/aromatic N) is 4. The second-order valence-electron chi connectivity index (χ2n) is 5.49. The van der Waals surface area contributed by atoms with E-state index in [1.807, 2.05) is 0 Å². The van der Waals surface area contributed by atoms with E-state index >= 15 is 0 Å². The second-order valence-corrected chi connectivity index (χ2v) is 7.69. The average molecular weight is 339 g/mol. The van der Waals surface area contributed by atoms with Crippen molar-refractivity contribution in [2.45, 2.75) is 47.8 Å². The topological polar surface area (TPSA) is 86.0 Å². The minimum absolute atomic E-state index is 0.305. The maximum absolute atomic E-state index is 5.63. The highest BCUT2D eigenvalue weighted by molar-refractivity contribution is 8.00. The van der Waals surface area contributed by atoms with Crippen molar-refractivity contribution >= 4 is 28.2 Å². The highest BCUT2D eigenvalue weighted by Gasteiger charge is 2.29. The fourth-order valence-electron chi connectivity index (χ4n) is 2.29. The molecule has 0 bridgehead atoms. The lowest BCUT2D eigenvalue weighted by Gasteiger charge is -2.08. The summed E-state index contributed by atoms with van der Waals surface area (Å²) in [5.41, 5.74) is 0. The Morgan fingerprint density at radius 3 is 2.95 bits per heavy atom. The predicted molar refractivity (Wildman–Crippen MR) is 83.2 cm³/mol. The van der Waals surface area contributed by atoms with Crippen molar-refractivity contribution in [1.82, 2.24) is 20.4 Å². The summed E-state index contributed by atoms with van der Waals surface area (Å²) in [5, 5.41) is 20.6. The molecule has 118 valence electrons. The zero-order chi connectivity index (χ0) is 14.8. The molecular formula is C13H17N5O2S2. The minimum atomic E-state index is 0.305. The van der Waals surface area contributed by atoms with Gasteiger partial charge in [-0.1, -0.05) is 23.1 Å². The Balaban J connectivity index is 1.25. The van der Waals surface area contributed by atoms with Crippen molar-refractivity contribution in [2.24, 2.45) is 0 Å². The molecule has 0 aromatic carbocycles. The van der Waals surface area contributed by atoms with Gasteiger partial charge in [-0.05, 0) is 25.7 Å². The van der Waals surface area contributed by atoms with Crippen LogP contribution in [-0.4, -0.2) is 39.7 Å². The summed E-state index contributed by atoms with van der Waals surface area (Å²) in [7, 11) is 0. The molecule has 0 amide bonds. The second kappa shape index (κ2) is 6.51. The van der Waals surface area contributed by atoms with E-state index in [2.05, 4.69) is 25.7 Å². The Bertz CT molecular complexity index is 621. The highest BCUT2D eigenvalue weighted by atomic mass is 32.2. The SMILES string of the molecule is C1COC(CNc2nnc(SCc3nnc(C4CC4)o3)s2)C1. The lowest BCUT2D eigenvalue weighted by Crippen LogP contribution is -2.18. The number of rotatable bonds is 7. The molecule has 2 aromatic heterocycles. The molecule has 2 aromatic rings. The van der Waals surface area contributed by atoms with Crippen LogP contribution in [0.15, 0.2) is 8.76 Å². The van der Waals surface area contributed by atoms with Gasteiger partial charge in [0.25, 0.3) is 0 Å². The van der Waals surface area contributed by atoms with E-state index in [9.17, 15) is 0 Å². The quantitative estimate of drug-likeness (QED) is 0.771. The molecule has 1 N–H and O–H groups in total. The molecule has 9 heteroatoms. The molecule has 7 nitrogen and oxygen atoms in total. The monoisotopic (exact) mass is 339 g/mol. The fourth-order valence-corrected chi connectivity index (χ4v) is 3.89. The molecule has 3 heterocycles. The number of thioether (sulfide) groups is 1. The number of nitrogens with one attached hydrogen (secondary N) is 1. The van der Waals surface area contributed by atoms with E-state index in [4.69, 9.17) is 9.15 Å². The van der Waals surface area contributed by atoms with Crippen LogP contribution in [0.3, 0.4) is 0 Å². The Morgan fingerprint density at radius 2 is 2.14 bits per heavy atom. The molecular weight excluding hydrogens is 322 g/mol. The molecule has 1 saturated carbocycles. The van der Waals surface area contributed by atoms with E-state index < -0.39 is 0 Å². The Kier molecular flexibility index (Phi) is 4.26. The predicted octanol–water partition coefficient (Wildman–Crippen LogP) is 2.68. The summed E-state index contributed by atoms with van der Waals surface area (Å²) in [6.07, 6.45) is 4.92. The zero-order valence-electron chi connectivity index (χ0n) is 12.0. The average Bonchev–Trinajstić information content (AvgIpc) is 2.99. The van der Waals surface area contributed by atoms with E-state index in [0.717, 1.165) is 41.4 Å². The first kappa shape index (κ1) is 14.4. The summed E-state index contributed by atoms with van der Waals surface area (Å²) in [6, 6.07) is 0. The molecule has 0 spiro atoms. The molecule has 1 unspecified atom stereocenters. The Morgan fingerprint density at radius 1 is 1.18 bits per heavy atom. The highest BCUT2D eigenvalue weighted by Crippen LogP contribution is 2.39. The van der Waals surface area contributed by atoms with Gasteiger partial charge in [-0.15, -0.1) is 20.4 Å². The maximum Gasteiger partial charge on any atom is 0.226 e. The fraction of sp³-hybridized carbons (Fsp3) is 0.692. The lowest BCUT2D eigenvalue weighted by atomic mass is 10.2. The summed E-state index contributed by atoms with van der Waals surface area (Å²) < 4.78 is 12.1. The summed E-state index contributed by atoms with van der Waals surface area (Å²) in [4.78, 5) is 0. The minimum Gasteiger partial charge on any atom is -0.424 e. The van der Waals surface area contributed by atoms with Gasteiger partial charge in [-0.25, -0.2) is 0 Å². The zero-order valence-corrected chi connectivity index (χ0v) is 13.7. The van der Waals surface area contributed by atoms with E-state index in [0.29, 0.717) is 23.7 Å². The molecule has 22 heavy (non-hydrogen) atoms. The van der Waals surface area contributed by atoms with Crippen molar-refractivity contribution < 1.29 is 9.15 Å². The van der Waals surface area contributed by atoms with Crippen molar-refractivity contribution in [3.05, 3.63) is 11.8 Å². The first-order valence-electron chi connectivity index (χ1n) is 7.51. The van der Waals surface area contributed by atoms with Crippen LogP contribution in [0.4, 0.5) is 5.13 Å². The van der Waals surface area contributed by atoms with Crippen LogP contribution in [0.1, 0.15) is 43.4 Å². The largest absolute Gasteiger partial charge is 0.424 e. The molecule has 1 saturated heterocycles. The first-order valence-corrected chi connectivity index (χ1v) is 9.31. The van der Waals surface area contributed by atoms with Crippen LogP contribution in [0.2, 0.25) is 0 Å². The van der Waals surface area contributed by atoms with Gasteiger partial charge >= 0.3 is 0 Å². The van der Waals surface area contributed by atoms with E-state index in [1.165, 1.54) is 12.8 Å². The third-order valence-electron chi connectivity index (χ3n) is 3.64. The van der Waals surface area contributed by atoms with Crippen molar-refractivity contribution in [3.8, 4) is 0 Å². The lowest BCUT2D eigenvalue weighted by molar-refractivity contribution is 0.120. The van der Waals surface area contributed by atoms with Gasteiger partial charge in [0.15, 0.2) is 4.34 Å². The standard InChI is InChI=1S/C13H17N5O2S2/c1-2-9(19-5-1)6-14-12-17-18-13(22-12)21-7-10-15-16-11(20-10)8-3-4-8/h8-9H,1-7H2,(H,14,17). The molecule has 0 radical (unpaired) electrons. The molecule has 4 rings (SSSR count). The Labute approximate surface area is 136 Å². The van der Waals surface area contributed by atoms with E-state index in [1.54, 1.807) is 23.1 Å². The van der Waals surface area contributed by atoms with Crippen molar-refractivity contribution in [3.63, 3.8) is 0 Å². The van der Waals surface area contributed by atoms with Gasteiger partial charge in [0, 0.05) is 19.1 Å². The molecule has 1 atom stereocenters. The van der Waals surface area contributed by atoms with Gasteiger partial charge in [0.2, 0.25) is 16.9 Å². The number of anilines is 1. The third kappa shape index (κ3) is 3.58. The van der Waals surface area contributed by atoms with Crippen molar-refractivity contribution in [1.29, 1.82) is 0 Å². The number of hydrogen-bond donors (Lipinski definition) is 1. The number of aromatic nitrogens is 4. The number of hydrogen-bond acceptors (Lipinski definition) is 9. The van der Waals surface area contributed by atoms with Crippen LogP contribution < -0.4 is 5.32 Å².